The first-order chi connectivity index (χ1) is 7.41. The van der Waals surface area contributed by atoms with Gasteiger partial charge in [0.15, 0.2) is 0 Å². The molecule has 90 valence electrons. The van der Waals surface area contributed by atoms with Crippen LogP contribution in [0.3, 0.4) is 0 Å². The third-order valence-electron chi connectivity index (χ3n) is 2.69. The van der Waals surface area contributed by atoms with Crippen LogP contribution in [-0.4, -0.2) is 11.1 Å². The lowest BCUT2D eigenvalue weighted by molar-refractivity contribution is 0.136. The number of nitrogens with two attached hydrogens (primary N) is 1. The fourth-order valence-electron chi connectivity index (χ4n) is 1.71. The van der Waals surface area contributed by atoms with Gasteiger partial charge in [-0.25, -0.2) is 0 Å². The Morgan fingerprint density at radius 1 is 1.38 bits per heavy atom. The van der Waals surface area contributed by atoms with E-state index in [1.165, 1.54) is 0 Å². The number of aliphatic hydroxyl groups excluding tert-OH is 1. The molecule has 2 nitrogen and oxygen atoms in total. The van der Waals surface area contributed by atoms with Gasteiger partial charge in [-0.15, -0.1) is 0 Å². The van der Waals surface area contributed by atoms with Gasteiger partial charge in [0, 0.05) is 11.1 Å². The summed E-state index contributed by atoms with van der Waals surface area (Å²) in [5, 5.41) is 10.7. The lowest BCUT2D eigenvalue weighted by atomic mass is 9.95. The van der Waals surface area contributed by atoms with Crippen LogP contribution in [-0.2, 0) is 0 Å². The Morgan fingerprint density at radius 2 is 2.00 bits per heavy atom. The Labute approximate surface area is 102 Å². The van der Waals surface area contributed by atoms with E-state index in [2.05, 4.69) is 13.8 Å². The summed E-state index contributed by atoms with van der Waals surface area (Å²) in [5.41, 5.74) is 7.75. The largest absolute Gasteiger partial charge is 0.387 e. The Hall–Kier alpha value is -0.570. The number of benzene rings is 1. The van der Waals surface area contributed by atoms with Crippen molar-refractivity contribution in [3.05, 3.63) is 34.3 Å². The summed E-state index contributed by atoms with van der Waals surface area (Å²) >= 11 is 6.02. The summed E-state index contributed by atoms with van der Waals surface area (Å²) < 4.78 is 0. The number of aliphatic hydroxyl groups is 1. The number of hydrogen-bond donors (Lipinski definition) is 2. The second-order valence-corrected chi connectivity index (χ2v) is 5.15. The molecule has 1 aromatic carbocycles. The molecule has 0 bridgehead atoms. The number of aryl methyl sites for hydroxylation is 1. The zero-order valence-corrected chi connectivity index (χ0v) is 10.8. The molecule has 0 saturated carbocycles. The normalized spacial score (nSPS) is 15.2. The molecule has 2 atom stereocenters. The Bertz CT molecular complexity index is 352. The van der Waals surface area contributed by atoms with Gasteiger partial charge in [-0.1, -0.05) is 37.6 Å². The van der Waals surface area contributed by atoms with E-state index in [0.717, 1.165) is 17.5 Å². The number of rotatable bonds is 4. The van der Waals surface area contributed by atoms with E-state index in [1.807, 2.05) is 19.1 Å². The molecule has 0 aliphatic rings. The smallest absolute Gasteiger partial charge is 0.0941 e. The molecule has 0 aliphatic heterocycles. The van der Waals surface area contributed by atoms with Gasteiger partial charge in [-0.3, -0.25) is 0 Å². The van der Waals surface area contributed by atoms with Crippen LogP contribution >= 0.6 is 11.6 Å². The van der Waals surface area contributed by atoms with Gasteiger partial charge < -0.3 is 10.8 Å². The summed E-state index contributed by atoms with van der Waals surface area (Å²) in [7, 11) is 0. The van der Waals surface area contributed by atoms with Gasteiger partial charge in [0.25, 0.3) is 0 Å². The SMILES string of the molecule is Cc1ccc(C(O)C(N)CC(C)C)cc1Cl. The molecular formula is C13H20ClNO. The van der Waals surface area contributed by atoms with E-state index >= 15 is 0 Å². The molecule has 3 N–H and O–H groups in total. The van der Waals surface area contributed by atoms with Crippen molar-refractivity contribution >= 4 is 11.6 Å². The quantitative estimate of drug-likeness (QED) is 0.851. The van der Waals surface area contributed by atoms with E-state index in [9.17, 15) is 5.11 Å². The average molecular weight is 242 g/mol. The fourth-order valence-corrected chi connectivity index (χ4v) is 1.90. The van der Waals surface area contributed by atoms with Gasteiger partial charge in [0.1, 0.15) is 0 Å². The highest BCUT2D eigenvalue weighted by atomic mass is 35.5. The molecule has 1 aromatic rings. The first-order valence-electron chi connectivity index (χ1n) is 5.61. The van der Waals surface area contributed by atoms with Crippen LogP contribution < -0.4 is 5.73 Å². The molecule has 0 aliphatic carbocycles. The summed E-state index contributed by atoms with van der Waals surface area (Å²) in [4.78, 5) is 0. The minimum Gasteiger partial charge on any atom is -0.387 e. The van der Waals surface area contributed by atoms with Crippen molar-refractivity contribution in [3.8, 4) is 0 Å². The highest BCUT2D eigenvalue weighted by Crippen LogP contribution is 2.24. The van der Waals surface area contributed by atoms with Gasteiger partial charge in [-0.2, -0.15) is 0 Å². The Kier molecular flexibility index (Phi) is 4.78. The molecule has 0 spiro atoms. The highest BCUT2D eigenvalue weighted by molar-refractivity contribution is 6.31. The first kappa shape index (κ1) is 13.5. The lowest BCUT2D eigenvalue weighted by Crippen LogP contribution is -2.29. The van der Waals surface area contributed by atoms with Crippen molar-refractivity contribution in [1.82, 2.24) is 0 Å². The second kappa shape index (κ2) is 5.67. The van der Waals surface area contributed by atoms with E-state index in [1.54, 1.807) is 6.07 Å². The molecular weight excluding hydrogens is 222 g/mol. The Balaban J connectivity index is 2.79. The molecule has 0 fully saturated rings. The topological polar surface area (TPSA) is 46.2 Å². The maximum Gasteiger partial charge on any atom is 0.0941 e. The molecule has 16 heavy (non-hydrogen) atoms. The van der Waals surface area contributed by atoms with Gasteiger partial charge >= 0.3 is 0 Å². The van der Waals surface area contributed by atoms with Crippen LogP contribution in [0.25, 0.3) is 0 Å². The first-order valence-corrected chi connectivity index (χ1v) is 5.99. The highest BCUT2D eigenvalue weighted by Gasteiger charge is 2.18. The number of hydrogen-bond acceptors (Lipinski definition) is 2. The molecule has 0 aromatic heterocycles. The minimum atomic E-state index is -0.638. The molecule has 2 unspecified atom stereocenters. The van der Waals surface area contributed by atoms with Crippen LogP contribution in [0.1, 0.15) is 37.5 Å². The second-order valence-electron chi connectivity index (χ2n) is 4.75. The van der Waals surface area contributed by atoms with Crippen molar-refractivity contribution < 1.29 is 5.11 Å². The molecule has 0 heterocycles. The standard InChI is InChI=1S/C13H20ClNO/c1-8(2)6-12(15)13(16)10-5-4-9(3)11(14)7-10/h4-5,7-8,12-13,16H,6,15H2,1-3H3. The maximum absolute atomic E-state index is 10.1. The van der Waals surface area contributed by atoms with Gasteiger partial charge in [-0.05, 0) is 36.5 Å². The summed E-state index contributed by atoms with van der Waals surface area (Å²) in [5.74, 6) is 0.477. The van der Waals surface area contributed by atoms with E-state index in [-0.39, 0.29) is 6.04 Å². The van der Waals surface area contributed by atoms with E-state index in [0.29, 0.717) is 10.9 Å². The third-order valence-corrected chi connectivity index (χ3v) is 3.09. The summed E-state index contributed by atoms with van der Waals surface area (Å²) in [6.45, 7) is 6.12. The summed E-state index contributed by atoms with van der Waals surface area (Å²) in [6.07, 6.45) is 0.160. The summed E-state index contributed by atoms with van der Waals surface area (Å²) in [6, 6.07) is 5.34. The molecule has 0 amide bonds. The Morgan fingerprint density at radius 3 is 2.50 bits per heavy atom. The van der Waals surface area contributed by atoms with Crippen LogP contribution in [0.4, 0.5) is 0 Å². The maximum atomic E-state index is 10.1. The van der Waals surface area contributed by atoms with Crippen LogP contribution in [0.2, 0.25) is 5.02 Å². The van der Waals surface area contributed by atoms with Crippen LogP contribution in [0.15, 0.2) is 18.2 Å². The monoisotopic (exact) mass is 241 g/mol. The van der Waals surface area contributed by atoms with Crippen molar-refractivity contribution in [1.29, 1.82) is 0 Å². The molecule has 0 saturated heterocycles. The predicted molar refractivity (Wildman–Crippen MR) is 68.6 cm³/mol. The van der Waals surface area contributed by atoms with Crippen molar-refractivity contribution in [2.45, 2.75) is 39.3 Å². The molecule has 3 heteroatoms. The average Bonchev–Trinajstić information content (AvgIpc) is 2.20. The number of halogens is 1. The fraction of sp³-hybridized carbons (Fsp3) is 0.538. The third kappa shape index (κ3) is 3.48. The predicted octanol–water partition coefficient (Wildman–Crippen LogP) is 3.06. The lowest BCUT2D eigenvalue weighted by Gasteiger charge is -2.21. The van der Waals surface area contributed by atoms with E-state index in [4.69, 9.17) is 17.3 Å². The van der Waals surface area contributed by atoms with Gasteiger partial charge in [0.2, 0.25) is 0 Å². The van der Waals surface area contributed by atoms with Crippen LogP contribution in [0.5, 0.6) is 0 Å². The van der Waals surface area contributed by atoms with Crippen molar-refractivity contribution in [2.24, 2.45) is 11.7 Å². The van der Waals surface area contributed by atoms with Gasteiger partial charge in [0.05, 0.1) is 6.10 Å². The van der Waals surface area contributed by atoms with Crippen LogP contribution in [0, 0.1) is 12.8 Å². The zero-order chi connectivity index (χ0) is 12.3. The molecule has 1 rings (SSSR count). The van der Waals surface area contributed by atoms with E-state index < -0.39 is 6.10 Å². The minimum absolute atomic E-state index is 0.237. The van der Waals surface area contributed by atoms with Crippen molar-refractivity contribution in [3.63, 3.8) is 0 Å². The zero-order valence-electron chi connectivity index (χ0n) is 10.1. The van der Waals surface area contributed by atoms with Crippen molar-refractivity contribution in [2.75, 3.05) is 0 Å². The molecule has 0 radical (unpaired) electrons.